The van der Waals surface area contributed by atoms with Crippen molar-refractivity contribution in [3.63, 3.8) is 0 Å². The van der Waals surface area contributed by atoms with Gasteiger partial charge < -0.3 is 4.74 Å². The zero-order valence-corrected chi connectivity index (χ0v) is 11.3. The molecule has 5 nitrogen and oxygen atoms in total. The number of carbonyl (C=O) groups is 1. The van der Waals surface area contributed by atoms with Gasteiger partial charge in [0.05, 0.1) is 12.4 Å². The summed E-state index contributed by atoms with van der Waals surface area (Å²) in [5, 5.41) is -0.683. The zero-order chi connectivity index (χ0) is 13.3. The number of hydrogen-bond donors (Lipinski definition) is 1. The van der Waals surface area contributed by atoms with E-state index in [1.165, 1.54) is 14.0 Å². The molecule has 0 aliphatic rings. The molecule has 1 atom stereocenters. The lowest BCUT2D eigenvalue weighted by Gasteiger charge is -2.07. The van der Waals surface area contributed by atoms with Crippen molar-refractivity contribution in [2.24, 2.45) is 0 Å². The van der Waals surface area contributed by atoms with E-state index in [2.05, 4.69) is 4.74 Å². The minimum Gasteiger partial charge on any atom is -0.469 e. The van der Waals surface area contributed by atoms with Crippen molar-refractivity contribution in [1.29, 1.82) is 0 Å². The third-order valence-corrected chi connectivity index (χ3v) is 3.98. The molecule has 0 bridgehead atoms. The topological polar surface area (TPSA) is 80.7 Å². The van der Waals surface area contributed by atoms with Crippen LogP contribution in [-0.2, 0) is 19.6 Å². The summed E-state index contributed by atoms with van der Waals surface area (Å²) < 4.78 is 34.7. The van der Waals surface area contributed by atoms with Crippen LogP contribution in [0.1, 0.15) is 51.9 Å². The first-order valence-electron chi connectivity index (χ1n) is 5.91. The molecule has 0 radical (unpaired) electrons. The molecule has 0 saturated carbocycles. The Balaban J connectivity index is 3.39. The number of unbranched alkanes of at least 4 members (excludes halogenated alkanes) is 4. The van der Waals surface area contributed by atoms with Crippen LogP contribution >= 0.6 is 0 Å². The molecule has 0 aromatic carbocycles. The van der Waals surface area contributed by atoms with E-state index in [1.54, 1.807) is 0 Å². The van der Waals surface area contributed by atoms with Gasteiger partial charge in [0.15, 0.2) is 0 Å². The summed E-state index contributed by atoms with van der Waals surface area (Å²) in [4.78, 5) is 10.8. The Labute approximate surface area is 103 Å². The van der Waals surface area contributed by atoms with Crippen LogP contribution in [0.3, 0.4) is 0 Å². The smallest absolute Gasteiger partial charge is 0.305 e. The van der Waals surface area contributed by atoms with E-state index < -0.39 is 15.4 Å². The summed E-state index contributed by atoms with van der Waals surface area (Å²) in [5.41, 5.74) is 0. The minimum absolute atomic E-state index is 0.190. The van der Waals surface area contributed by atoms with Crippen LogP contribution < -0.4 is 0 Å². The molecule has 0 aromatic heterocycles. The maximum Gasteiger partial charge on any atom is 0.305 e. The molecule has 0 spiro atoms. The van der Waals surface area contributed by atoms with Gasteiger partial charge >= 0.3 is 5.97 Å². The van der Waals surface area contributed by atoms with Gasteiger partial charge in [-0.2, -0.15) is 8.42 Å². The Bertz CT molecular complexity index is 310. The molecule has 0 fully saturated rings. The summed E-state index contributed by atoms with van der Waals surface area (Å²) in [6, 6.07) is 0. The fourth-order valence-electron chi connectivity index (χ4n) is 1.48. The highest BCUT2D eigenvalue weighted by molar-refractivity contribution is 7.86. The average Bonchev–Trinajstić information content (AvgIpc) is 2.25. The number of esters is 1. The van der Waals surface area contributed by atoms with Gasteiger partial charge in [-0.05, 0) is 19.8 Å². The Hall–Kier alpha value is -0.620. The second-order valence-electron chi connectivity index (χ2n) is 4.21. The van der Waals surface area contributed by atoms with Gasteiger partial charge in [0, 0.05) is 6.42 Å². The molecule has 0 aromatic rings. The molecule has 0 aliphatic carbocycles. The predicted molar refractivity (Wildman–Crippen MR) is 65.3 cm³/mol. The summed E-state index contributed by atoms with van der Waals surface area (Å²) in [5.74, 6) is -0.190. The number of carbonyl (C=O) groups excluding carboxylic acids is 1. The van der Waals surface area contributed by atoms with E-state index in [1.807, 2.05) is 0 Å². The summed E-state index contributed by atoms with van der Waals surface area (Å²) in [6.45, 7) is 1.51. The lowest BCUT2D eigenvalue weighted by molar-refractivity contribution is -0.140. The molecule has 0 amide bonds. The molecule has 102 valence electrons. The molecule has 17 heavy (non-hydrogen) atoms. The van der Waals surface area contributed by atoms with Crippen LogP contribution in [0.15, 0.2) is 0 Å². The number of ether oxygens (including phenoxy) is 1. The average molecular weight is 266 g/mol. The molecule has 0 rings (SSSR count). The minimum atomic E-state index is -3.88. The molecule has 0 aliphatic heterocycles. The third-order valence-electron chi connectivity index (χ3n) is 2.73. The molecule has 1 unspecified atom stereocenters. The maximum absolute atomic E-state index is 10.8. The predicted octanol–water partition coefficient (Wildman–Crippen LogP) is 2.17. The van der Waals surface area contributed by atoms with Crippen molar-refractivity contribution >= 4 is 16.1 Å². The van der Waals surface area contributed by atoms with Gasteiger partial charge in [0.1, 0.15) is 0 Å². The van der Waals surface area contributed by atoms with E-state index in [9.17, 15) is 13.2 Å². The van der Waals surface area contributed by atoms with E-state index >= 15 is 0 Å². The van der Waals surface area contributed by atoms with E-state index in [0.717, 1.165) is 32.1 Å². The molecule has 1 N–H and O–H groups in total. The third kappa shape index (κ3) is 9.12. The Morgan fingerprint density at radius 1 is 1.18 bits per heavy atom. The standard InChI is InChI=1S/C11H22O5S/c1-10(17(13,14)15)8-6-4-3-5-7-9-11(12)16-2/h10H,3-9H2,1-2H3,(H,13,14,15). The van der Waals surface area contributed by atoms with Gasteiger partial charge in [-0.1, -0.05) is 25.7 Å². The van der Waals surface area contributed by atoms with Crippen LogP contribution in [-0.4, -0.2) is 31.3 Å². The molecule has 0 heterocycles. The van der Waals surface area contributed by atoms with Gasteiger partial charge in [-0.3, -0.25) is 9.35 Å². The van der Waals surface area contributed by atoms with Crippen LogP contribution in [0.4, 0.5) is 0 Å². The van der Waals surface area contributed by atoms with Crippen molar-refractivity contribution < 1.29 is 22.5 Å². The number of rotatable bonds is 9. The molecular formula is C11H22O5S. The van der Waals surface area contributed by atoms with Crippen LogP contribution in [0, 0.1) is 0 Å². The Morgan fingerprint density at radius 3 is 2.24 bits per heavy atom. The first-order valence-corrected chi connectivity index (χ1v) is 7.41. The van der Waals surface area contributed by atoms with Crippen molar-refractivity contribution in [1.82, 2.24) is 0 Å². The van der Waals surface area contributed by atoms with Gasteiger partial charge in [-0.25, -0.2) is 0 Å². The monoisotopic (exact) mass is 266 g/mol. The first-order chi connectivity index (χ1) is 7.88. The second-order valence-corrected chi connectivity index (χ2v) is 6.04. The molecular weight excluding hydrogens is 244 g/mol. The Morgan fingerprint density at radius 2 is 1.71 bits per heavy atom. The second kappa shape index (κ2) is 8.47. The Kier molecular flexibility index (Phi) is 8.16. The summed E-state index contributed by atoms with van der Waals surface area (Å²) in [6.07, 6.45) is 5.33. The number of methoxy groups -OCH3 is 1. The largest absolute Gasteiger partial charge is 0.469 e. The first kappa shape index (κ1) is 16.4. The lowest BCUT2D eigenvalue weighted by atomic mass is 10.1. The zero-order valence-electron chi connectivity index (χ0n) is 10.5. The normalized spacial score (nSPS) is 13.4. The van der Waals surface area contributed by atoms with Crippen molar-refractivity contribution in [2.45, 2.75) is 57.1 Å². The van der Waals surface area contributed by atoms with Gasteiger partial charge in [-0.15, -0.1) is 0 Å². The maximum atomic E-state index is 10.8. The fourth-order valence-corrected chi connectivity index (χ4v) is 1.95. The van der Waals surface area contributed by atoms with Gasteiger partial charge in [0.2, 0.25) is 0 Å². The van der Waals surface area contributed by atoms with Crippen molar-refractivity contribution in [3.05, 3.63) is 0 Å². The summed E-state index contributed by atoms with van der Waals surface area (Å²) >= 11 is 0. The SMILES string of the molecule is COC(=O)CCCCCCCC(C)S(=O)(=O)O. The van der Waals surface area contributed by atoms with E-state index in [4.69, 9.17) is 4.55 Å². The highest BCUT2D eigenvalue weighted by atomic mass is 32.2. The fraction of sp³-hybridized carbons (Fsp3) is 0.909. The lowest BCUT2D eigenvalue weighted by Crippen LogP contribution is -2.16. The quantitative estimate of drug-likeness (QED) is 0.393. The van der Waals surface area contributed by atoms with Crippen LogP contribution in [0.25, 0.3) is 0 Å². The highest BCUT2D eigenvalue weighted by Crippen LogP contribution is 2.12. The summed E-state index contributed by atoms with van der Waals surface area (Å²) in [7, 11) is -2.50. The van der Waals surface area contributed by atoms with E-state index in [-0.39, 0.29) is 5.97 Å². The molecule has 0 saturated heterocycles. The number of hydrogen-bond acceptors (Lipinski definition) is 4. The van der Waals surface area contributed by atoms with Crippen LogP contribution in [0.5, 0.6) is 0 Å². The van der Waals surface area contributed by atoms with Gasteiger partial charge in [0.25, 0.3) is 10.1 Å². The van der Waals surface area contributed by atoms with Crippen LogP contribution in [0.2, 0.25) is 0 Å². The van der Waals surface area contributed by atoms with E-state index in [0.29, 0.717) is 12.8 Å². The van der Waals surface area contributed by atoms with Crippen molar-refractivity contribution in [2.75, 3.05) is 7.11 Å². The molecule has 6 heteroatoms. The van der Waals surface area contributed by atoms with Crippen molar-refractivity contribution in [3.8, 4) is 0 Å². The highest BCUT2D eigenvalue weighted by Gasteiger charge is 2.15.